The Kier molecular flexibility index (Phi) is 10.6. The monoisotopic (exact) mass is 585 g/mol. The highest BCUT2D eigenvalue weighted by Crippen LogP contribution is 2.26. The second kappa shape index (κ2) is 14.7. The summed E-state index contributed by atoms with van der Waals surface area (Å²) in [5.41, 5.74) is 2.23. The van der Waals surface area contributed by atoms with Gasteiger partial charge in [-0.25, -0.2) is 0 Å². The minimum Gasteiger partial charge on any atom is -0.492 e. The van der Waals surface area contributed by atoms with Gasteiger partial charge in [0.05, 0.1) is 18.0 Å². The third-order valence-electron chi connectivity index (χ3n) is 5.61. The van der Waals surface area contributed by atoms with Gasteiger partial charge in [0.25, 0.3) is 11.8 Å². The van der Waals surface area contributed by atoms with Crippen molar-refractivity contribution < 1.29 is 19.1 Å². The van der Waals surface area contributed by atoms with E-state index in [2.05, 4.69) is 16.0 Å². The molecule has 3 amide bonds. The molecule has 0 aliphatic heterocycles. The van der Waals surface area contributed by atoms with E-state index >= 15 is 0 Å². The fourth-order valence-electron chi connectivity index (χ4n) is 3.75. The molecule has 41 heavy (non-hydrogen) atoms. The van der Waals surface area contributed by atoms with E-state index in [1.54, 1.807) is 91.0 Å². The maximum Gasteiger partial charge on any atom is 0.272 e. The van der Waals surface area contributed by atoms with Gasteiger partial charge in [-0.3, -0.25) is 14.4 Å². The van der Waals surface area contributed by atoms with Crippen molar-refractivity contribution in [3.8, 4) is 5.75 Å². The number of hydrogen-bond donors (Lipinski definition) is 3. The van der Waals surface area contributed by atoms with E-state index in [1.165, 1.54) is 11.8 Å². The van der Waals surface area contributed by atoms with Crippen LogP contribution in [0.15, 0.2) is 114 Å². The van der Waals surface area contributed by atoms with E-state index in [1.807, 2.05) is 25.1 Å². The van der Waals surface area contributed by atoms with Crippen LogP contribution in [0.5, 0.6) is 5.75 Å². The molecule has 4 aromatic rings. The lowest BCUT2D eigenvalue weighted by molar-refractivity contribution is -0.114. The van der Waals surface area contributed by atoms with Gasteiger partial charge in [-0.05, 0) is 73.2 Å². The van der Waals surface area contributed by atoms with Gasteiger partial charge in [-0.15, -0.1) is 11.8 Å². The highest BCUT2D eigenvalue weighted by atomic mass is 35.5. The Morgan fingerprint density at radius 1 is 0.854 bits per heavy atom. The van der Waals surface area contributed by atoms with E-state index < -0.39 is 11.8 Å². The molecule has 0 aliphatic carbocycles. The average Bonchev–Trinajstić information content (AvgIpc) is 2.97. The predicted molar refractivity (Wildman–Crippen MR) is 165 cm³/mol. The summed E-state index contributed by atoms with van der Waals surface area (Å²) < 4.78 is 5.57. The number of amides is 3. The second-order valence-corrected chi connectivity index (χ2v) is 10.2. The van der Waals surface area contributed by atoms with Gasteiger partial charge >= 0.3 is 0 Å². The Labute approximate surface area is 248 Å². The molecule has 0 fully saturated rings. The summed E-state index contributed by atoms with van der Waals surface area (Å²) in [7, 11) is 0. The van der Waals surface area contributed by atoms with Crippen molar-refractivity contribution in [1.82, 2.24) is 5.32 Å². The Morgan fingerprint density at radius 2 is 1.61 bits per heavy atom. The Bertz CT molecular complexity index is 1560. The summed E-state index contributed by atoms with van der Waals surface area (Å²) in [6.07, 6.45) is 1.56. The minimum atomic E-state index is -0.512. The number of carbonyl (C=O) groups excluding carboxylic acids is 3. The Balaban J connectivity index is 1.44. The topological polar surface area (TPSA) is 96.5 Å². The number of thioether (sulfide) groups is 1. The predicted octanol–water partition coefficient (Wildman–Crippen LogP) is 6.88. The summed E-state index contributed by atoms with van der Waals surface area (Å²) in [6.45, 7) is 2.37. The van der Waals surface area contributed by atoms with Gasteiger partial charge in [0.2, 0.25) is 5.91 Å². The number of anilines is 2. The van der Waals surface area contributed by atoms with Crippen LogP contribution in [0.3, 0.4) is 0 Å². The molecule has 0 spiro atoms. The van der Waals surface area contributed by atoms with Crippen LogP contribution >= 0.6 is 23.4 Å². The van der Waals surface area contributed by atoms with Crippen molar-refractivity contribution in [2.75, 3.05) is 23.0 Å². The zero-order chi connectivity index (χ0) is 29.0. The van der Waals surface area contributed by atoms with E-state index in [0.717, 1.165) is 4.90 Å². The fraction of sp³-hybridized carbons (Fsp3) is 0.0938. The quantitative estimate of drug-likeness (QED) is 0.132. The molecule has 208 valence electrons. The normalized spacial score (nSPS) is 10.9. The molecule has 3 N–H and O–H groups in total. The van der Waals surface area contributed by atoms with Crippen LogP contribution in [0.4, 0.5) is 11.4 Å². The molecular weight excluding hydrogens is 558 g/mol. The van der Waals surface area contributed by atoms with Crippen LogP contribution in [-0.4, -0.2) is 30.1 Å². The van der Waals surface area contributed by atoms with E-state index in [9.17, 15) is 14.4 Å². The van der Waals surface area contributed by atoms with Crippen LogP contribution in [0.1, 0.15) is 22.8 Å². The van der Waals surface area contributed by atoms with Crippen molar-refractivity contribution in [3.63, 3.8) is 0 Å². The third-order valence-corrected chi connectivity index (χ3v) is 6.84. The van der Waals surface area contributed by atoms with Crippen LogP contribution in [0.2, 0.25) is 5.02 Å². The standard InChI is InChI=1S/C32H28ClN3O4S/c1-2-40-29-17-7-6-16-27(29)35-30(37)21-41-26-15-9-14-25(20-26)34-32(39)28(19-22-10-8-13-24(33)18-22)36-31(38)23-11-4-3-5-12-23/h3-20H,2,21H2,1H3,(H,34,39)(H,35,37)(H,36,38)/b28-19-. The number of para-hydroxylation sites is 2. The van der Waals surface area contributed by atoms with Crippen LogP contribution in [-0.2, 0) is 9.59 Å². The van der Waals surface area contributed by atoms with Gasteiger partial charge in [-0.2, -0.15) is 0 Å². The SMILES string of the molecule is CCOc1ccccc1NC(=O)CSc1cccc(NC(=O)/C(=C/c2cccc(Cl)c2)NC(=O)c2ccccc2)c1. The number of halogens is 1. The van der Waals surface area contributed by atoms with Gasteiger partial charge < -0.3 is 20.7 Å². The van der Waals surface area contributed by atoms with E-state index in [0.29, 0.717) is 39.9 Å². The van der Waals surface area contributed by atoms with Gasteiger partial charge in [-0.1, -0.05) is 60.1 Å². The second-order valence-electron chi connectivity index (χ2n) is 8.68. The number of rotatable bonds is 11. The lowest BCUT2D eigenvalue weighted by atomic mass is 10.1. The maximum absolute atomic E-state index is 13.3. The molecule has 0 saturated carbocycles. The number of benzene rings is 4. The molecule has 0 bridgehead atoms. The number of nitrogens with one attached hydrogen (secondary N) is 3. The molecule has 7 nitrogen and oxygen atoms in total. The summed E-state index contributed by atoms with van der Waals surface area (Å²) in [4.78, 5) is 39.6. The highest BCUT2D eigenvalue weighted by Gasteiger charge is 2.16. The van der Waals surface area contributed by atoms with Crippen LogP contribution < -0.4 is 20.7 Å². The first-order valence-corrected chi connectivity index (χ1v) is 14.2. The molecule has 0 aliphatic rings. The van der Waals surface area contributed by atoms with Gasteiger partial charge in [0.15, 0.2) is 0 Å². The summed E-state index contributed by atoms with van der Waals surface area (Å²) >= 11 is 7.45. The molecule has 4 aromatic carbocycles. The Morgan fingerprint density at radius 3 is 2.39 bits per heavy atom. The number of hydrogen-bond acceptors (Lipinski definition) is 5. The average molecular weight is 586 g/mol. The van der Waals surface area contributed by atoms with E-state index in [-0.39, 0.29) is 17.4 Å². The summed E-state index contributed by atoms with van der Waals surface area (Å²) in [6, 6.07) is 30.0. The van der Waals surface area contributed by atoms with Gasteiger partial charge in [0, 0.05) is 21.2 Å². The van der Waals surface area contributed by atoms with Crippen molar-refractivity contribution in [2.24, 2.45) is 0 Å². The Hall–Kier alpha value is -4.53. The maximum atomic E-state index is 13.3. The number of carbonyl (C=O) groups is 3. The zero-order valence-electron chi connectivity index (χ0n) is 22.2. The molecular formula is C32H28ClN3O4S. The van der Waals surface area contributed by atoms with Crippen molar-refractivity contribution in [2.45, 2.75) is 11.8 Å². The lowest BCUT2D eigenvalue weighted by Gasteiger charge is -2.13. The first-order valence-electron chi connectivity index (χ1n) is 12.8. The molecule has 0 heterocycles. The van der Waals surface area contributed by atoms with Crippen molar-refractivity contribution >= 4 is 58.5 Å². The summed E-state index contributed by atoms with van der Waals surface area (Å²) in [5.74, 6) is -0.354. The first kappa shape index (κ1) is 29.5. The summed E-state index contributed by atoms with van der Waals surface area (Å²) in [5, 5.41) is 8.93. The molecule has 0 unspecified atom stereocenters. The molecule has 0 radical (unpaired) electrons. The zero-order valence-corrected chi connectivity index (χ0v) is 23.8. The minimum absolute atomic E-state index is 0.0477. The smallest absolute Gasteiger partial charge is 0.272 e. The largest absolute Gasteiger partial charge is 0.492 e. The highest BCUT2D eigenvalue weighted by molar-refractivity contribution is 8.00. The molecule has 0 atom stereocenters. The van der Waals surface area contributed by atoms with Crippen LogP contribution in [0, 0.1) is 0 Å². The fourth-order valence-corrected chi connectivity index (χ4v) is 4.71. The molecule has 9 heteroatoms. The molecule has 4 rings (SSSR count). The number of ether oxygens (including phenoxy) is 1. The molecule has 0 aromatic heterocycles. The van der Waals surface area contributed by atoms with Crippen LogP contribution in [0.25, 0.3) is 6.08 Å². The van der Waals surface area contributed by atoms with E-state index in [4.69, 9.17) is 16.3 Å². The first-order chi connectivity index (χ1) is 19.9. The lowest BCUT2D eigenvalue weighted by Crippen LogP contribution is -2.30. The van der Waals surface area contributed by atoms with Crippen molar-refractivity contribution in [1.29, 1.82) is 0 Å². The van der Waals surface area contributed by atoms with Gasteiger partial charge in [0.1, 0.15) is 11.4 Å². The third kappa shape index (κ3) is 8.99. The van der Waals surface area contributed by atoms with Crippen molar-refractivity contribution in [3.05, 3.63) is 125 Å². The molecule has 0 saturated heterocycles.